The fourth-order valence-corrected chi connectivity index (χ4v) is 5.87. The second-order valence-corrected chi connectivity index (χ2v) is 12.9. The highest BCUT2D eigenvalue weighted by Crippen LogP contribution is 2.49. The molecule has 1 heterocycles. The first-order valence-electron chi connectivity index (χ1n) is 15.6. The van der Waals surface area contributed by atoms with Crippen LogP contribution in [-0.2, 0) is 5.41 Å². The van der Waals surface area contributed by atoms with Gasteiger partial charge in [-0.15, -0.1) is 0 Å². The third kappa shape index (κ3) is 10.4. The van der Waals surface area contributed by atoms with Crippen LogP contribution < -0.4 is 4.74 Å². The van der Waals surface area contributed by atoms with Crippen molar-refractivity contribution in [1.29, 1.82) is 0 Å². The number of hydrogen-bond acceptors (Lipinski definition) is 3. The number of phenols is 2. The third-order valence-corrected chi connectivity index (χ3v) is 8.63. The van der Waals surface area contributed by atoms with E-state index in [4.69, 9.17) is 4.74 Å². The van der Waals surface area contributed by atoms with Crippen molar-refractivity contribution in [2.45, 2.75) is 128 Å². The Balaban J connectivity index is 0.00000131. The van der Waals surface area contributed by atoms with Crippen LogP contribution in [0.1, 0.15) is 134 Å². The molecule has 1 fully saturated rings. The van der Waals surface area contributed by atoms with Crippen molar-refractivity contribution in [2.75, 3.05) is 13.3 Å². The summed E-state index contributed by atoms with van der Waals surface area (Å²) in [5, 5.41) is 19.7. The lowest BCUT2D eigenvalue weighted by atomic mass is 9.66. The molecule has 2 N–H and O–H groups in total. The first kappa shape index (κ1) is 31.3. The van der Waals surface area contributed by atoms with E-state index in [0.717, 1.165) is 25.0 Å². The summed E-state index contributed by atoms with van der Waals surface area (Å²) in [4.78, 5) is 0. The van der Waals surface area contributed by atoms with Crippen LogP contribution in [0.25, 0.3) is 0 Å². The van der Waals surface area contributed by atoms with E-state index in [1.807, 2.05) is 18.2 Å². The van der Waals surface area contributed by atoms with Gasteiger partial charge in [0.15, 0.2) is 0 Å². The Bertz CT molecular complexity index is 966. The van der Waals surface area contributed by atoms with Gasteiger partial charge in [-0.25, -0.2) is 0 Å². The molecule has 218 valence electrons. The Morgan fingerprint density at radius 2 is 1.36 bits per heavy atom. The summed E-state index contributed by atoms with van der Waals surface area (Å²) < 4.78 is 18.4. The molecule has 0 amide bonds. The lowest BCUT2D eigenvalue weighted by Crippen LogP contribution is -2.40. The van der Waals surface area contributed by atoms with Crippen molar-refractivity contribution in [1.82, 2.24) is 0 Å². The van der Waals surface area contributed by atoms with Crippen LogP contribution in [0.2, 0.25) is 0 Å². The van der Waals surface area contributed by atoms with E-state index in [-0.39, 0.29) is 23.6 Å². The summed E-state index contributed by atoms with van der Waals surface area (Å²) >= 11 is 0. The molecule has 0 aromatic heterocycles. The highest BCUT2D eigenvalue weighted by Gasteiger charge is 2.42. The van der Waals surface area contributed by atoms with Gasteiger partial charge in [0, 0.05) is 17.4 Å². The van der Waals surface area contributed by atoms with E-state index >= 15 is 0 Å². The van der Waals surface area contributed by atoms with E-state index in [2.05, 4.69) is 20.8 Å². The van der Waals surface area contributed by atoms with E-state index in [1.54, 1.807) is 24.3 Å². The maximum atomic E-state index is 12.3. The molecule has 2 aromatic rings. The molecule has 0 spiro atoms. The minimum absolute atomic E-state index is 0.179. The van der Waals surface area contributed by atoms with Crippen LogP contribution in [0.3, 0.4) is 0 Å². The molecular weight excluding hydrogens is 487 g/mol. The quantitative estimate of drug-likeness (QED) is 0.221. The molecule has 2 aromatic carbocycles. The number of halogens is 1. The second-order valence-electron chi connectivity index (χ2n) is 12.9. The first-order valence-corrected chi connectivity index (χ1v) is 15.6. The maximum absolute atomic E-state index is 12.3. The summed E-state index contributed by atoms with van der Waals surface area (Å²) in [6, 6.07) is 13.1. The Morgan fingerprint density at radius 3 is 1.97 bits per heavy atom. The number of ether oxygens (including phenoxy) is 1. The smallest absolute Gasteiger partial charge is 0.126 e. The van der Waals surface area contributed by atoms with Crippen LogP contribution in [0, 0.1) is 5.41 Å². The number of fused-ring (bicyclic) bond motifs is 1. The molecule has 0 saturated heterocycles. The number of rotatable bonds is 15. The molecule has 1 saturated carbocycles. The lowest BCUT2D eigenvalue weighted by molar-refractivity contribution is 0.162. The van der Waals surface area contributed by atoms with Crippen molar-refractivity contribution in [2.24, 2.45) is 5.41 Å². The van der Waals surface area contributed by atoms with Gasteiger partial charge in [-0.2, -0.15) is 0 Å². The normalized spacial score (nSPS) is 19.9. The molecule has 2 atom stereocenters. The molecule has 1 aliphatic carbocycles. The van der Waals surface area contributed by atoms with Crippen LogP contribution >= 0.6 is 0 Å². The standard InChI is InChI=1S/C32H47FO3.C3H6/c1-31(2,21-11-8-12-22-33)20-10-7-5-4-6-9-13-29-28-19-18-27(35)23-30(28)36-24-32(29,3)25-14-16-26(34)17-15-25;1-2-3-1/h14-19,23,29,34-35H,4-13,20-22,24H2,1-3H3;1-3H2/t29?,32-;/m1./s1. The van der Waals surface area contributed by atoms with Gasteiger partial charge in [0.2, 0.25) is 0 Å². The van der Waals surface area contributed by atoms with Crippen molar-refractivity contribution < 1.29 is 19.3 Å². The van der Waals surface area contributed by atoms with E-state index in [1.165, 1.54) is 81.8 Å². The molecule has 1 unspecified atom stereocenters. The number of aromatic hydroxyl groups is 2. The summed E-state index contributed by atoms with van der Waals surface area (Å²) in [7, 11) is 0. The van der Waals surface area contributed by atoms with Gasteiger partial charge < -0.3 is 14.9 Å². The van der Waals surface area contributed by atoms with E-state index < -0.39 is 0 Å². The number of hydrogen-bond donors (Lipinski definition) is 2. The van der Waals surface area contributed by atoms with Crippen LogP contribution in [0.5, 0.6) is 17.2 Å². The zero-order valence-corrected chi connectivity index (χ0v) is 24.8. The van der Waals surface area contributed by atoms with Crippen molar-refractivity contribution >= 4 is 0 Å². The lowest BCUT2D eigenvalue weighted by Gasteiger charge is -2.43. The topological polar surface area (TPSA) is 49.7 Å². The van der Waals surface area contributed by atoms with Crippen molar-refractivity contribution in [3.05, 3.63) is 53.6 Å². The minimum Gasteiger partial charge on any atom is -0.508 e. The van der Waals surface area contributed by atoms with Crippen molar-refractivity contribution in [3.8, 4) is 17.2 Å². The molecule has 4 rings (SSSR count). The third-order valence-electron chi connectivity index (χ3n) is 8.63. The molecule has 4 heteroatoms. The minimum atomic E-state index is -0.187. The van der Waals surface area contributed by atoms with Crippen LogP contribution in [0.15, 0.2) is 42.5 Å². The predicted octanol–water partition coefficient (Wildman–Crippen LogP) is 10.4. The Labute approximate surface area is 237 Å². The van der Waals surface area contributed by atoms with E-state index in [0.29, 0.717) is 24.4 Å². The van der Waals surface area contributed by atoms with E-state index in [9.17, 15) is 14.6 Å². The highest BCUT2D eigenvalue weighted by molar-refractivity contribution is 5.48. The first-order chi connectivity index (χ1) is 18.7. The fraction of sp³-hybridized carbons (Fsp3) is 0.657. The number of phenolic OH excluding ortho intramolecular Hbond substituents is 2. The predicted molar refractivity (Wildman–Crippen MR) is 161 cm³/mol. The average molecular weight is 541 g/mol. The SMILES string of the molecule is C1CC1.CC(C)(CCCCCF)CCCCCCCCC1c2ccc(O)cc2OC[C@]1(C)c1ccc(O)cc1. The maximum Gasteiger partial charge on any atom is 0.126 e. The van der Waals surface area contributed by atoms with Gasteiger partial charge in [-0.05, 0) is 60.4 Å². The van der Waals surface area contributed by atoms with Gasteiger partial charge in [-0.1, -0.05) is 110 Å². The van der Waals surface area contributed by atoms with Gasteiger partial charge in [0.05, 0.1) is 13.3 Å². The molecule has 3 nitrogen and oxygen atoms in total. The highest BCUT2D eigenvalue weighted by atomic mass is 19.1. The summed E-state index contributed by atoms with van der Waals surface area (Å²) in [5.41, 5.74) is 2.53. The van der Waals surface area contributed by atoms with Gasteiger partial charge in [-0.3, -0.25) is 4.39 Å². The number of benzene rings is 2. The Hall–Kier alpha value is -2.23. The zero-order chi connectivity index (χ0) is 28.1. The molecule has 39 heavy (non-hydrogen) atoms. The molecule has 2 aliphatic rings. The largest absolute Gasteiger partial charge is 0.508 e. The average Bonchev–Trinajstić information content (AvgIpc) is 3.79. The van der Waals surface area contributed by atoms with Crippen LogP contribution in [-0.4, -0.2) is 23.5 Å². The van der Waals surface area contributed by atoms with Gasteiger partial charge >= 0.3 is 0 Å². The second kappa shape index (κ2) is 15.5. The number of alkyl halides is 1. The number of unbranched alkanes of at least 4 members (excludes halogenated alkanes) is 7. The Kier molecular flexibility index (Phi) is 12.5. The van der Waals surface area contributed by atoms with Gasteiger partial charge in [0.25, 0.3) is 0 Å². The molecule has 1 aliphatic heterocycles. The summed E-state index contributed by atoms with van der Waals surface area (Å²) in [6.07, 6.45) is 18.4. The Morgan fingerprint density at radius 1 is 0.795 bits per heavy atom. The molecule has 0 bridgehead atoms. The van der Waals surface area contributed by atoms with Crippen molar-refractivity contribution in [3.63, 3.8) is 0 Å². The molecule has 0 radical (unpaired) electrons. The zero-order valence-electron chi connectivity index (χ0n) is 24.8. The van der Waals surface area contributed by atoms with Gasteiger partial charge in [0.1, 0.15) is 17.2 Å². The van der Waals surface area contributed by atoms with Crippen LogP contribution in [0.4, 0.5) is 4.39 Å². The molecular formula is C35H53FO3. The summed E-state index contributed by atoms with van der Waals surface area (Å²) in [5.74, 6) is 1.61. The summed E-state index contributed by atoms with van der Waals surface area (Å²) in [6.45, 7) is 7.36. The fourth-order valence-electron chi connectivity index (χ4n) is 5.87. The monoisotopic (exact) mass is 540 g/mol.